The average molecular weight is 454 g/mol. The molecule has 4 rings (SSSR count). The molecule has 5 nitrogen and oxygen atoms in total. The van der Waals surface area contributed by atoms with Crippen LogP contribution in [0, 0.1) is 5.82 Å². The fraction of sp³-hybridized carbons (Fsp3) is 0.320. The summed E-state index contributed by atoms with van der Waals surface area (Å²) >= 11 is 1.71. The van der Waals surface area contributed by atoms with Gasteiger partial charge in [0.2, 0.25) is 0 Å². The van der Waals surface area contributed by atoms with E-state index in [0.29, 0.717) is 11.3 Å². The molecule has 0 bridgehead atoms. The molecule has 1 amide bonds. The third-order valence-electron chi connectivity index (χ3n) is 5.90. The highest BCUT2D eigenvalue weighted by molar-refractivity contribution is 7.10. The standard InChI is InChI=1S/C25H28FN3O2S/c1-18(27-25(30)19-5-3-6-22(17-19)31-2)24(23-7-4-16-32-23)29-14-12-28(13-15-29)21-10-8-20(26)9-11-21/h3-11,16-18,24H,12-15H2,1-2H3,(H,27,30)/t18-,24+/m0/s1. The maximum Gasteiger partial charge on any atom is 0.251 e. The van der Waals surface area contributed by atoms with E-state index < -0.39 is 0 Å². The molecule has 7 heteroatoms. The van der Waals surface area contributed by atoms with E-state index in [1.54, 1.807) is 30.6 Å². The van der Waals surface area contributed by atoms with E-state index >= 15 is 0 Å². The van der Waals surface area contributed by atoms with E-state index in [-0.39, 0.29) is 23.8 Å². The smallest absolute Gasteiger partial charge is 0.251 e. The average Bonchev–Trinajstić information content (AvgIpc) is 3.34. The minimum Gasteiger partial charge on any atom is -0.497 e. The molecule has 0 saturated carbocycles. The molecule has 32 heavy (non-hydrogen) atoms. The van der Waals surface area contributed by atoms with Crippen LogP contribution in [0.1, 0.15) is 28.2 Å². The predicted octanol–water partition coefficient (Wildman–Crippen LogP) is 4.58. The lowest BCUT2D eigenvalue weighted by Crippen LogP contribution is -2.52. The Bertz CT molecular complexity index is 1020. The number of nitrogens with one attached hydrogen (secondary N) is 1. The van der Waals surface area contributed by atoms with Crippen LogP contribution in [0.15, 0.2) is 66.0 Å². The van der Waals surface area contributed by atoms with Gasteiger partial charge in [-0.25, -0.2) is 4.39 Å². The van der Waals surface area contributed by atoms with E-state index in [0.717, 1.165) is 31.9 Å². The second-order valence-electron chi connectivity index (χ2n) is 7.95. The van der Waals surface area contributed by atoms with Gasteiger partial charge < -0.3 is 15.0 Å². The lowest BCUT2D eigenvalue weighted by atomic mass is 10.0. The van der Waals surface area contributed by atoms with Crippen LogP contribution in [0.5, 0.6) is 5.75 Å². The number of benzene rings is 2. The number of piperazine rings is 1. The zero-order chi connectivity index (χ0) is 22.5. The number of halogens is 1. The zero-order valence-corrected chi connectivity index (χ0v) is 19.1. The van der Waals surface area contributed by atoms with Gasteiger partial charge in [-0.05, 0) is 60.8 Å². The zero-order valence-electron chi connectivity index (χ0n) is 18.3. The van der Waals surface area contributed by atoms with Crippen LogP contribution in [0.2, 0.25) is 0 Å². The molecular weight excluding hydrogens is 425 g/mol. The fourth-order valence-corrected chi connectivity index (χ4v) is 5.21. The summed E-state index contributed by atoms with van der Waals surface area (Å²) in [7, 11) is 1.60. The van der Waals surface area contributed by atoms with Crippen molar-refractivity contribution in [2.45, 2.75) is 19.0 Å². The summed E-state index contributed by atoms with van der Waals surface area (Å²) in [5, 5.41) is 5.27. The fourth-order valence-electron chi connectivity index (χ4n) is 4.25. The highest BCUT2D eigenvalue weighted by atomic mass is 32.1. The molecule has 2 atom stereocenters. The quantitative estimate of drug-likeness (QED) is 0.569. The Morgan fingerprint density at radius 2 is 1.81 bits per heavy atom. The molecule has 1 saturated heterocycles. The lowest BCUT2D eigenvalue weighted by molar-refractivity contribution is 0.0890. The van der Waals surface area contributed by atoms with Gasteiger partial charge in [-0.3, -0.25) is 9.69 Å². The number of hydrogen-bond donors (Lipinski definition) is 1. The third-order valence-corrected chi connectivity index (χ3v) is 6.84. The third kappa shape index (κ3) is 5.11. The number of amides is 1. The van der Waals surface area contributed by atoms with E-state index in [9.17, 15) is 9.18 Å². The summed E-state index contributed by atoms with van der Waals surface area (Å²) < 4.78 is 18.5. The summed E-state index contributed by atoms with van der Waals surface area (Å²) in [5.41, 5.74) is 1.63. The number of carbonyl (C=O) groups is 1. The van der Waals surface area contributed by atoms with Crippen LogP contribution in [0.25, 0.3) is 0 Å². The Balaban J connectivity index is 1.46. The van der Waals surface area contributed by atoms with Crippen molar-refractivity contribution in [3.8, 4) is 5.75 Å². The first-order valence-electron chi connectivity index (χ1n) is 10.8. The van der Waals surface area contributed by atoms with E-state index in [1.807, 2.05) is 24.3 Å². The van der Waals surface area contributed by atoms with Gasteiger partial charge >= 0.3 is 0 Å². The Morgan fingerprint density at radius 3 is 2.47 bits per heavy atom. The van der Waals surface area contributed by atoms with Gasteiger partial charge in [0.15, 0.2) is 0 Å². The summed E-state index contributed by atoms with van der Waals surface area (Å²) in [4.78, 5) is 18.9. The number of nitrogens with zero attached hydrogens (tertiary/aromatic N) is 2. The topological polar surface area (TPSA) is 44.8 Å². The molecule has 168 valence electrons. The SMILES string of the molecule is COc1cccc(C(=O)N[C@@H](C)[C@H](c2cccs2)N2CCN(c3ccc(F)cc3)CC2)c1. The van der Waals surface area contributed by atoms with Crippen molar-refractivity contribution in [1.82, 2.24) is 10.2 Å². The van der Waals surface area contributed by atoms with Gasteiger partial charge in [0.1, 0.15) is 11.6 Å². The lowest BCUT2D eigenvalue weighted by Gasteiger charge is -2.42. The van der Waals surface area contributed by atoms with Crippen molar-refractivity contribution in [1.29, 1.82) is 0 Å². The number of rotatable bonds is 7. The Morgan fingerprint density at radius 1 is 1.06 bits per heavy atom. The highest BCUT2D eigenvalue weighted by Crippen LogP contribution is 2.30. The van der Waals surface area contributed by atoms with Crippen molar-refractivity contribution in [2.75, 3.05) is 38.2 Å². The van der Waals surface area contributed by atoms with E-state index in [1.165, 1.54) is 17.0 Å². The maximum absolute atomic E-state index is 13.3. The normalized spacial score (nSPS) is 16.4. The predicted molar refractivity (Wildman–Crippen MR) is 127 cm³/mol. The molecule has 1 N–H and O–H groups in total. The molecule has 1 aromatic heterocycles. The first-order chi connectivity index (χ1) is 15.5. The first kappa shape index (κ1) is 22.3. The largest absolute Gasteiger partial charge is 0.497 e. The van der Waals surface area contributed by atoms with Gasteiger partial charge in [-0.2, -0.15) is 0 Å². The number of thiophene rings is 1. The molecule has 1 fully saturated rings. The highest BCUT2D eigenvalue weighted by Gasteiger charge is 2.31. The van der Waals surface area contributed by atoms with Crippen molar-refractivity contribution < 1.29 is 13.9 Å². The first-order valence-corrected chi connectivity index (χ1v) is 11.7. The molecule has 0 radical (unpaired) electrons. The van der Waals surface area contributed by atoms with Crippen LogP contribution >= 0.6 is 11.3 Å². The molecular formula is C25H28FN3O2S. The molecule has 0 unspecified atom stereocenters. The second kappa shape index (κ2) is 10.1. The second-order valence-corrected chi connectivity index (χ2v) is 8.93. The van der Waals surface area contributed by atoms with Gasteiger partial charge in [0.25, 0.3) is 5.91 Å². The van der Waals surface area contributed by atoms with E-state index in [4.69, 9.17) is 4.74 Å². The van der Waals surface area contributed by atoms with Crippen molar-refractivity contribution >= 4 is 22.9 Å². The molecule has 1 aliphatic rings. The van der Waals surface area contributed by atoms with Gasteiger partial charge in [-0.1, -0.05) is 12.1 Å². The number of hydrogen-bond acceptors (Lipinski definition) is 5. The number of anilines is 1. The van der Waals surface area contributed by atoms with Crippen molar-refractivity contribution in [3.05, 3.63) is 82.3 Å². The monoisotopic (exact) mass is 453 g/mol. The maximum atomic E-state index is 13.3. The molecule has 2 heterocycles. The number of methoxy groups -OCH3 is 1. The van der Waals surface area contributed by atoms with Crippen LogP contribution in [-0.4, -0.2) is 50.1 Å². The van der Waals surface area contributed by atoms with E-state index in [2.05, 4.69) is 39.6 Å². The van der Waals surface area contributed by atoms with Gasteiger partial charge in [-0.15, -0.1) is 11.3 Å². The van der Waals surface area contributed by atoms with Crippen LogP contribution in [0.3, 0.4) is 0 Å². The van der Waals surface area contributed by atoms with Crippen molar-refractivity contribution in [2.24, 2.45) is 0 Å². The molecule has 2 aromatic carbocycles. The van der Waals surface area contributed by atoms with Crippen LogP contribution < -0.4 is 15.0 Å². The summed E-state index contributed by atoms with van der Waals surface area (Å²) in [6.45, 7) is 5.49. The van der Waals surface area contributed by atoms with Crippen LogP contribution in [0.4, 0.5) is 10.1 Å². The van der Waals surface area contributed by atoms with Crippen molar-refractivity contribution in [3.63, 3.8) is 0 Å². The summed E-state index contributed by atoms with van der Waals surface area (Å²) in [5.74, 6) is 0.339. The van der Waals surface area contributed by atoms with Gasteiger partial charge in [0, 0.05) is 48.3 Å². The molecule has 0 aliphatic carbocycles. The minimum absolute atomic E-state index is 0.0790. The summed E-state index contributed by atoms with van der Waals surface area (Å²) in [6, 6.07) is 18.1. The number of carbonyl (C=O) groups excluding carboxylic acids is 1. The molecule has 1 aliphatic heterocycles. The Kier molecular flexibility index (Phi) is 7.07. The van der Waals surface area contributed by atoms with Crippen LogP contribution in [-0.2, 0) is 0 Å². The minimum atomic E-state index is -0.217. The summed E-state index contributed by atoms with van der Waals surface area (Å²) in [6.07, 6.45) is 0. The molecule has 3 aromatic rings. The number of ether oxygens (including phenoxy) is 1. The molecule has 0 spiro atoms. The van der Waals surface area contributed by atoms with Gasteiger partial charge in [0.05, 0.1) is 13.2 Å². The Labute approximate surface area is 192 Å². The Hall–Kier alpha value is -2.90.